The first-order valence-electron chi connectivity index (χ1n) is 10.4. The van der Waals surface area contributed by atoms with Crippen molar-refractivity contribution in [3.63, 3.8) is 0 Å². The molecule has 9 heteroatoms. The highest BCUT2D eigenvalue weighted by atomic mass is 32.2. The van der Waals surface area contributed by atoms with Crippen molar-refractivity contribution in [2.75, 3.05) is 5.75 Å². The summed E-state index contributed by atoms with van der Waals surface area (Å²) in [5.74, 6) is 2.40. The van der Waals surface area contributed by atoms with Crippen molar-refractivity contribution in [3.05, 3.63) is 84.1 Å². The standard InChI is InChI=1S/C24H17N5O3S/c30-23-21-20(16-9-4-5-10-17(16)32-21)25-19(26-23)14-33-24-28-27-22(18-11-6-12-31-18)29(24)13-15-7-2-1-3-8-15/h1-12,21H,13-14H2. The van der Waals surface area contributed by atoms with Crippen LogP contribution in [0.25, 0.3) is 11.6 Å². The maximum atomic E-state index is 12.6. The van der Waals surface area contributed by atoms with Gasteiger partial charge in [0.25, 0.3) is 5.91 Å². The van der Waals surface area contributed by atoms with Gasteiger partial charge in [0.05, 0.1) is 18.6 Å². The van der Waals surface area contributed by atoms with E-state index in [1.165, 1.54) is 11.8 Å². The fourth-order valence-electron chi connectivity index (χ4n) is 3.83. The number of ether oxygens (including phenoxy) is 1. The number of amides is 1. The molecular weight excluding hydrogens is 438 g/mol. The lowest BCUT2D eigenvalue weighted by Crippen LogP contribution is -2.35. The smallest absolute Gasteiger partial charge is 0.294 e. The van der Waals surface area contributed by atoms with Crippen LogP contribution in [-0.2, 0) is 11.3 Å². The first-order chi connectivity index (χ1) is 16.3. The molecule has 2 aromatic heterocycles. The molecule has 4 aromatic rings. The molecule has 0 saturated carbocycles. The zero-order chi connectivity index (χ0) is 22.2. The van der Waals surface area contributed by atoms with E-state index in [0.29, 0.717) is 46.3 Å². The lowest BCUT2D eigenvalue weighted by Gasteiger charge is -2.14. The molecule has 4 heterocycles. The molecule has 6 rings (SSSR count). The predicted octanol–water partition coefficient (Wildman–Crippen LogP) is 3.87. The molecule has 2 aliphatic rings. The molecule has 1 unspecified atom stereocenters. The number of benzene rings is 2. The summed E-state index contributed by atoms with van der Waals surface area (Å²) in [6.45, 7) is 0.579. The molecule has 0 spiro atoms. The molecule has 2 aromatic carbocycles. The van der Waals surface area contributed by atoms with Crippen molar-refractivity contribution in [2.24, 2.45) is 9.98 Å². The molecule has 1 atom stereocenters. The van der Waals surface area contributed by atoms with Crippen LogP contribution in [-0.4, -0.2) is 44.1 Å². The van der Waals surface area contributed by atoms with Gasteiger partial charge in [0.2, 0.25) is 11.9 Å². The number of hydrogen-bond acceptors (Lipinski definition) is 7. The largest absolute Gasteiger partial charge is 0.473 e. The van der Waals surface area contributed by atoms with Crippen LogP contribution in [0.5, 0.6) is 5.75 Å². The summed E-state index contributed by atoms with van der Waals surface area (Å²) in [6.07, 6.45) is 0.850. The molecule has 2 aliphatic heterocycles. The molecule has 0 aliphatic carbocycles. The first-order valence-corrected chi connectivity index (χ1v) is 11.3. The van der Waals surface area contributed by atoms with E-state index >= 15 is 0 Å². The summed E-state index contributed by atoms with van der Waals surface area (Å²) in [4.78, 5) is 21.4. The van der Waals surface area contributed by atoms with Crippen LogP contribution < -0.4 is 4.74 Å². The quantitative estimate of drug-likeness (QED) is 0.410. The normalized spacial score (nSPS) is 16.6. The Morgan fingerprint density at radius 3 is 2.64 bits per heavy atom. The molecule has 0 saturated heterocycles. The van der Waals surface area contributed by atoms with Crippen molar-refractivity contribution < 1.29 is 13.9 Å². The Balaban J connectivity index is 1.28. The number of fused-ring (bicyclic) bond motifs is 3. The van der Waals surface area contributed by atoms with E-state index in [-0.39, 0.29) is 5.91 Å². The predicted molar refractivity (Wildman–Crippen MR) is 124 cm³/mol. The van der Waals surface area contributed by atoms with E-state index in [4.69, 9.17) is 9.15 Å². The van der Waals surface area contributed by atoms with Crippen molar-refractivity contribution in [3.8, 4) is 17.3 Å². The number of carbonyl (C=O) groups excluding carboxylic acids is 1. The number of carbonyl (C=O) groups is 1. The summed E-state index contributed by atoms with van der Waals surface area (Å²) in [5.41, 5.74) is 2.56. The van der Waals surface area contributed by atoms with Crippen molar-refractivity contribution in [1.82, 2.24) is 14.8 Å². The van der Waals surface area contributed by atoms with Gasteiger partial charge in [-0.3, -0.25) is 9.36 Å². The zero-order valence-corrected chi connectivity index (χ0v) is 18.1. The summed E-state index contributed by atoms with van der Waals surface area (Å²) < 4.78 is 13.3. The lowest BCUT2D eigenvalue weighted by molar-refractivity contribution is -0.121. The SMILES string of the molecule is O=C1N=C(CSc2nnc(-c3ccco3)n2Cc2ccccc2)N=C2c3ccccc3OC12. The Kier molecular flexibility index (Phi) is 4.88. The topological polar surface area (TPSA) is 94.9 Å². The fourth-order valence-corrected chi connectivity index (χ4v) is 4.62. The Bertz CT molecular complexity index is 1390. The van der Waals surface area contributed by atoms with E-state index in [9.17, 15) is 4.79 Å². The average Bonchev–Trinajstić information content (AvgIpc) is 3.58. The number of amidine groups is 1. The van der Waals surface area contributed by atoms with Crippen molar-refractivity contribution in [1.29, 1.82) is 0 Å². The monoisotopic (exact) mass is 455 g/mol. The minimum Gasteiger partial charge on any atom is -0.473 e. The van der Waals surface area contributed by atoms with Crippen LogP contribution in [0, 0.1) is 0 Å². The maximum Gasteiger partial charge on any atom is 0.294 e. The maximum absolute atomic E-state index is 12.6. The van der Waals surface area contributed by atoms with E-state index in [1.54, 1.807) is 6.26 Å². The van der Waals surface area contributed by atoms with Gasteiger partial charge in [0.1, 0.15) is 17.3 Å². The van der Waals surface area contributed by atoms with Crippen LogP contribution in [0.15, 0.2) is 92.6 Å². The number of para-hydroxylation sites is 1. The fraction of sp³-hybridized carbons (Fsp3) is 0.125. The molecule has 0 N–H and O–H groups in total. The van der Waals surface area contributed by atoms with Gasteiger partial charge >= 0.3 is 0 Å². The second kappa shape index (κ2) is 8.18. The Labute approximate surface area is 193 Å². The van der Waals surface area contributed by atoms with Crippen LogP contribution in [0.2, 0.25) is 0 Å². The summed E-state index contributed by atoms with van der Waals surface area (Å²) in [6, 6.07) is 21.3. The van der Waals surface area contributed by atoms with Gasteiger partial charge in [-0.05, 0) is 29.8 Å². The Morgan fingerprint density at radius 2 is 1.79 bits per heavy atom. The number of nitrogens with zero attached hydrogens (tertiary/aromatic N) is 5. The molecule has 0 radical (unpaired) electrons. The van der Waals surface area contributed by atoms with Gasteiger partial charge in [-0.2, -0.15) is 4.99 Å². The average molecular weight is 455 g/mol. The Hall–Kier alpha value is -3.98. The number of hydrogen-bond donors (Lipinski definition) is 0. The summed E-state index contributed by atoms with van der Waals surface area (Å²) in [5, 5.41) is 9.42. The molecular formula is C24H17N5O3S. The van der Waals surface area contributed by atoms with Crippen molar-refractivity contribution in [2.45, 2.75) is 17.8 Å². The second-order valence-electron chi connectivity index (χ2n) is 7.50. The second-order valence-corrected chi connectivity index (χ2v) is 8.44. The Morgan fingerprint density at radius 1 is 0.939 bits per heavy atom. The third-order valence-corrected chi connectivity index (χ3v) is 6.30. The molecule has 0 fully saturated rings. The lowest BCUT2D eigenvalue weighted by atomic mass is 10.1. The summed E-state index contributed by atoms with van der Waals surface area (Å²) in [7, 11) is 0. The van der Waals surface area contributed by atoms with Gasteiger partial charge in [-0.1, -0.05) is 54.2 Å². The molecule has 1 amide bonds. The number of aliphatic imine (C=N–C) groups is 2. The van der Waals surface area contributed by atoms with Gasteiger partial charge in [-0.15, -0.1) is 10.2 Å². The van der Waals surface area contributed by atoms with E-state index in [0.717, 1.165) is 11.1 Å². The van der Waals surface area contributed by atoms with Crippen LogP contribution in [0.4, 0.5) is 0 Å². The van der Waals surface area contributed by atoms with E-state index in [2.05, 4.69) is 20.2 Å². The zero-order valence-electron chi connectivity index (χ0n) is 17.3. The molecule has 33 heavy (non-hydrogen) atoms. The van der Waals surface area contributed by atoms with Crippen LogP contribution in [0.3, 0.4) is 0 Å². The van der Waals surface area contributed by atoms with Crippen LogP contribution in [0.1, 0.15) is 11.1 Å². The minimum absolute atomic E-state index is 0.339. The van der Waals surface area contributed by atoms with Crippen LogP contribution >= 0.6 is 11.8 Å². The third kappa shape index (κ3) is 3.66. The van der Waals surface area contributed by atoms with E-state index < -0.39 is 6.10 Å². The number of furan rings is 1. The van der Waals surface area contributed by atoms with E-state index in [1.807, 2.05) is 71.3 Å². The molecule has 0 bridgehead atoms. The highest BCUT2D eigenvalue weighted by Gasteiger charge is 2.38. The summed E-state index contributed by atoms with van der Waals surface area (Å²) >= 11 is 1.43. The van der Waals surface area contributed by atoms with Gasteiger partial charge < -0.3 is 9.15 Å². The van der Waals surface area contributed by atoms with Gasteiger partial charge in [-0.25, -0.2) is 4.99 Å². The first kappa shape index (κ1) is 19.7. The number of rotatable bonds is 6. The number of thioether (sulfide) groups is 1. The number of aromatic nitrogens is 3. The molecule has 8 nitrogen and oxygen atoms in total. The minimum atomic E-state index is -0.761. The van der Waals surface area contributed by atoms with Gasteiger partial charge in [0.15, 0.2) is 10.9 Å². The van der Waals surface area contributed by atoms with Crippen molar-refractivity contribution >= 4 is 29.2 Å². The molecule has 162 valence electrons. The highest BCUT2D eigenvalue weighted by Crippen LogP contribution is 2.32. The van der Waals surface area contributed by atoms with Gasteiger partial charge in [0, 0.05) is 5.56 Å². The highest BCUT2D eigenvalue weighted by molar-refractivity contribution is 7.99. The third-order valence-electron chi connectivity index (χ3n) is 5.34.